The molecule has 2 N–H and O–H groups in total. The summed E-state index contributed by atoms with van der Waals surface area (Å²) in [5.74, 6) is 1.19. The highest BCUT2D eigenvalue weighted by Crippen LogP contribution is 2.19. The molecule has 1 saturated heterocycles. The largest absolute Gasteiger partial charge is 0.481 e. The lowest BCUT2D eigenvalue weighted by molar-refractivity contribution is -0.136. The van der Waals surface area contributed by atoms with Crippen LogP contribution in [0.5, 0.6) is 5.88 Å². The molecule has 30 heavy (non-hydrogen) atoms. The van der Waals surface area contributed by atoms with Gasteiger partial charge in [-0.15, -0.1) is 0 Å². The molecule has 0 bridgehead atoms. The maximum Gasteiger partial charge on any atom is 0.237 e. The Morgan fingerprint density at radius 3 is 2.83 bits per heavy atom. The summed E-state index contributed by atoms with van der Waals surface area (Å²) in [6, 6.07) is 9.65. The lowest BCUT2D eigenvalue weighted by Gasteiger charge is -2.33. The maximum atomic E-state index is 12.6. The van der Waals surface area contributed by atoms with Crippen molar-refractivity contribution in [3.8, 4) is 5.88 Å². The number of ether oxygens (including phenoxy) is 1. The Morgan fingerprint density at radius 1 is 1.17 bits per heavy atom. The van der Waals surface area contributed by atoms with Crippen LogP contribution in [0.3, 0.4) is 0 Å². The standard InChI is InChI=1S/C22H24N6O2/c1-30-20-7-5-16(12-24-20)3-2-8-27-9-10-28(21(29)14-27)13-17-4-6-18-19(11-17)25-15-26-22(18)23/h2-7,11-12,15H,8-10,13-14H2,1H3,(H2,23,25,26). The molecular weight excluding hydrogens is 380 g/mol. The third-order valence-electron chi connectivity index (χ3n) is 5.15. The molecule has 0 saturated carbocycles. The van der Waals surface area contributed by atoms with Crippen LogP contribution in [0, 0.1) is 0 Å². The molecule has 8 nitrogen and oxygen atoms in total. The van der Waals surface area contributed by atoms with Gasteiger partial charge in [-0.2, -0.15) is 0 Å². The number of nitrogen functional groups attached to an aromatic ring is 1. The number of nitrogens with zero attached hydrogens (tertiary/aromatic N) is 5. The molecule has 1 aliphatic rings. The minimum absolute atomic E-state index is 0.128. The molecule has 2 aromatic heterocycles. The summed E-state index contributed by atoms with van der Waals surface area (Å²) in [4.78, 5) is 29.1. The Bertz CT molecular complexity index is 1070. The van der Waals surface area contributed by atoms with Crippen molar-refractivity contribution in [3.63, 3.8) is 0 Å². The van der Waals surface area contributed by atoms with Crippen molar-refractivity contribution in [1.82, 2.24) is 24.8 Å². The summed E-state index contributed by atoms with van der Waals surface area (Å²) in [5, 5.41) is 0.830. The lowest BCUT2D eigenvalue weighted by Crippen LogP contribution is -2.49. The number of nitrogens with two attached hydrogens (primary N) is 1. The molecule has 4 rings (SSSR count). The summed E-state index contributed by atoms with van der Waals surface area (Å²) in [5.41, 5.74) is 8.72. The lowest BCUT2D eigenvalue weighted by atomic mass is 10.1. The summed E-state index contributed by atoms with van der Waals surface area (Å²) in [6.45, 7) is 3.23. The predicted octanol–water partition coefficient (Wildman–Crippen LogP) is 1.97. The molecule has 3 aromatic rings. The van der Waals surface area contributed by atoms with Crippen molar-refractivity contribution >= 4 is 28.7 Å². The molecule has 1 aromatic carbocycles. The average Bonchev–Trinajstić information content (AvgIpc) is 2.76. The quantitative estimate of drug-likeness (QED) is 0.671. The zero-order valence-electron chi connectivity index (χ0n) is 16.9. The zero-order chi connectivity index (χ0) is 20.9. The third kappa shape index (κ3) is 4.55. The Labute approximate surface area is 175 Å². The fraction of sp³-hybridized carbons (Fsp3) is 0.273. The number of rotatable bonds is 6. The second kappa shape index (κ2) is 8.87. The van der Waals surface area contributed by atoms with Gasteiger partial charge in [0.25, 0.3) is 0 Å². The van der Waals surface area contributed by atoms with Gasteiger partial charge in [0.1, 0.15) is 12.1 Å². The number of benzene rings is 1. The van der Waals surface area contributed by atoms with Crippen LogP contribution in [0.4, 0.5) is 5.82 Å². The Kier molecular flexibility index (Phi) is 5.85. The van der Waals surface area contributed by atoms with Crippen molar-refractivity contribution in [1.29, 1.82) is 0 Å². The van der Waals surface area contributed by atoms with Gasteiger partial charge < -0.3 is 15.4 Å². The monoisotopic (exact) mass is 404 g/mol. The van der Waals surface area contributed by atoms with E-state index in [0.717, 1.165) is 35.1 Å². The van der Waals surface area contributed by atoms with Crippen LogP contribution in [0.25, 0.3) is 17.0 Å². The summed E-state index contributed by atoms with van der Waals surface area (Å²) in [6.07, 6.45) is 7.28. The fourth-order valence-electron chi connectivity index (χ4n) is 3.47. The third-order valence-corrected chi connectivity index (χ3v) is 5.15. The molecule has 0 unspecified atom stereocenters. The first-order valence-electron chi connectivity index (χ1n) is 9.78. The van der Waals surface area contributed by atoms with E-state index >= 15 is 0 Å². The average molecular weight is 404 g/mol. The number of methoxy groups -OCH3 is 1. The van der Waals surface area contributed by atoms with E-state index in [-0.39, 0.29) is 5.91 Å². The molecule has 0 atom stereocenters. The molecule has 0 spiro atoms. The van der Waals surface area contributed by atoms with E-state index in [2.05, 4.69) is 25.9 Å². The number of aromatic nitrogens is 3. The van der Waals surface area contributed by atoms with Crippen LogP contribution in [0.2, 0.25) is 0 Å². The van der Waals surface area contributed by atoms with Gasteiger partial charge >= 0.3 is 0 Å². The molecule has 0 radical (unpaired) electrons. The van der Waals surface area contributed by atoms with Crippen LogP contribution in [0.15, 0.2) is 48.9 Å². The number of carbonyl (C=O) groups is 1. The highest BCUT2D eigenvalue weighted by molar-refractivity contribution is 5.88. The number of hydrogen-bond donors (Lipinski definition) is 1. The van der Waals surface area contributed by atoms with Crippen LogP contribution >= 0.6 is 0 Å². The van der Waals surface area contributed by atoms with Gasteiger partial charge in [-0.3, -0.25) is 9.69 Å². The number of anilines is 1. The van der Waals surface area contributed by atoms with E-state index in [9.17, 15) is 4.79 Å². The normalized spacial score (nSPS) is 15.2. The number of hydrogen-bond acceptors (Lipinski definition) is 7. The fourth-order valence-corrected chi connectivity index (χ4v) is 3.47. The first kappa shape index (κ1) is 19.8. The van der Waals surface area contributed by atoms with Crippen molar-refractivity contribution in [2.24, 2.45) is 0 Å². The zero-order valence-corrected chi connectivity index (χ0v) is 16.9. The van der Waals surface area contributed by atoms with E-state index in [1.807, 2.05) is 41.3 Å². The molecule has 0 aliphatic carbocycles. The number of piperazine rings is 1. The van der Waals surface area contributed by atoms with Gasteiger partial charge in [-0.1, -0.05) is 18.2 Å². The number of amides is 1. The van der Waals surface area contributed by atoms with E-state index in [0.29, 0.717) is 31.3 Å². The molecule has 8 heteroatoms. The van der Waals surface area contributed by atoms with E-state index < -0.39 is 0 Å². The first-order chi connectivity index (χ1) is 14.6. The molecule has 3 heterocycles. The topological polar surface area (TPSA) is 97.5 Å². The van der Waals surface area contributed by atoms with Gasteiger partial charge in [0.2, 0.25) is 11.8 Å². The molecule has 1 aliphatic heterocycles. The van der Waals surface area contributed by atoms with Gasteiger partial charge in [-0.05, 0) is 29.3 Å². The highest BCUT2D eigenvalue weighted by Gasteiger charge is 2.23. The predicted molar refractivity (Wildman–Crippen MR) is 116 cm³/mol. The van der Waals surface area contributed by atoms with Crippen LogP contribution in [-0.2, 0) is 11.3 Å². The van der Waals surface area contributed by atoms with Gasteiger partial charge in [0.15, 0.2) is 0 Å². The molecule has 1 fully saturated rings. The molecule has 1 amide bonds. The van der Waals surface area contributed by atoms with Crippen LogP contribution in [0.1, 0.15) is 11.1 Å². The smallest absolute Gasteiger partial charge is 0.237 e. The maximum absolute atomic E-state index is 12.6. The number of carbonyl (C=O) groups excluding carboxylic acids is 1. The Hall–Kier alpha value is -3.52. The Morgan fingerprint density at radius 2 is 2.07 bits per heavy atom. The first-order valence-corrected chi connectivity index (χ1v) is 9.78. The van der Waals surface area contributed by atoms with E-state index in [1.165, 1.54) is 6.33 Å². The number of pyridine rings is 1. The van der Waals surface area contributed by atoms with Gasteiger partial charge in [-0.25, -0.2) is 15.0 Å². The highest BCUT2D eigenvalue weighted by atomic mass is 16.5. The van der Waals surface area contributed by atoms with Gasteiger partial charge in [0, 0.05) is 43.8 Å². The number of fused-ring (bicyclic) bond motifs is 1. The van der Waals surface area contributed by atoms with Crippen molar-refractivity contribution < 1.29 is 9.53 Å². The summed E-state index contributed by atoms with van der Waals surface area (Å²) >= 11 is 0. The second-order valence-corrected chi connectivity index (χ2v) is 7.20. The minimum atomic E-state index is 0.128. The van der Waals surface area contributed by atoms with Crippen molar-refractivity contribution in [2.75, 3.05) is 39.0 Å². The van der Waals surface area contributed by atoms with Gasteiger partial charge in [0.05, 0.1) is 19.2 Å². The summed E-state index contributed by atoms with van der Waals surface area (Å²) < 4.78 is 5.06. The van der Waals surface area contributed by atoms with E-state index in [4.69, 9.17) is 10.5 Å². The van der Waals surface area contributed by atoms with Crippen molar-refractivity contribution in [3.05, 3.63) is 60.1 Å². The van der Waals surface area contributed by atoms with Crippen LogP contribution < -0.4 is 10.5 Å². The SMILES string of the molecule is COc1ccc(C=CCN2CCN(Cc3ccc4c(N)ncnc4c3)C(=O)C2)cn1. The minimum Gasteiger partial charge on any atom is -0.481 e. The van der Waals surface area contributed by atoms with Crippen molar-refractivity contribution in [2.45, 2.75) is 6.54 Å². The Balaban J connectivity index is 1.31. The molecular formula is C22H24N6O2. The second-order valence-electron chi connectivity index (χ2n) is 7.20. The molecule has 154 valence electrons. The summed E-state index contributed by atoms with van der Waals surface area (Å²) in [7, 11) is 1.60. The van der Waals surface area contributed by atoms with E-state index in [1.54, 1.807) is 13.3 Å². The van der Waals surface area contributed by atoms with Crippen LogP contribution in [-0.4, -0.2) is 63.9 Å².